The molecule has 0 radical (unpaired) electrons. The Morgan fingerprint density at radius 1 is 1.18 bits per heavy atom. The third kappa shape index (κ3) is 5.10. The normalized spacial score (nSPS) is 11.1. The topological polar surface area (TPSA) is 61.2 Å². The third-order valence-electron chi connectivity index (χ3n) is 4.96. The average molecular weight is 477 g/mol. The first-order valence-electron chi connectivity index (χ1n) is 10.6. The van der Waals surface area contributed by atoms with Gasteiger partial charge in [0.15, 0.2) is 5.16 Å². The van der Waals surface area contributed by atoms with Crippen LogP contribution in [-0.4, -0.2) is 21.6 Å². The summed E-state index contributed by atoms with van der Waals surface area (Å²) in [5.74, 6) is 0.286. The van der Waals surface area contributed by atoms with Crippen molar-refractivity contribution in [3.8, 4) is 11.1 Å². The molecule has 7 heteroatoms. The summed E-state index contributed by atoms with van der Waals surface area (Å²) in [5, 5.41) is 3.29. The zero-order valence-corrected chi connectivity index (χ0v) is 20.1. The van der Waals surface area contributed by atoms with Crippen molar-refractivity contribution in [3.63, 3.8) is 0 Å². The smallest absolute Gasteiger partial charge is 0.338 e. The molecule has 0 N–H and O–H groups in total. The molecule has 5 nitrogen and oxygen atoms in total. The van der Waals surface area contributed by atoms with Gasteiger partial charge in [-0.15, -0.1) is 17.9 Å². The fourth-order valence-corrected chi connectivity index (χ4v) is 5.36. The van der Waals surface area contributed by atoms with E-state index >= 15 is 0 Å². The second-order valence-electron chi connectivity index (χ2n) is 7.73. The lowest BCUT2D eigenvalue weighted by Gasteiger charge is -2.11. The molecule has 2 aromatic heterocycles. The number of thioether (sulfide) groups is 1. The maximum atomic E-state index is 13.4. The van der Waals surface area contributed by atoms with Crippen molar-refractivity contribution >= 4 is 39.3 Å². The number of carbonyl (C=O) groups is 1. The first-order valence-corrected chi connectivity index (χ1v) is 12.5. The number of allylic oxidation sites excluding steroid dienone is 1. The van der Waals surface area contributed by atoms with Crippen LogP contribution in [0.15, 0.2) is 82.6 Å². The molecule has 0 aliphatic heterocycles. The number of ether oxygens (including phenoxy) is 1. The van der Waals surface area contributed by atoms with E-state index in [0.717, 1.165) is 21.5 Å². The van der Waals surface area contributed by atoms with E-state index in [9.17, 15) is 9.59 Å². The van der Waals surface area contributed by atoms with Crippen molar-refractivity contribution in [3.05, 3.63) is 94.1 Å². The van der Waals surface area contributed by atoms with Gasteiger partial charge in [-0.25, -0.2) is 9.78 Å². The minimum Gasteiger partial charge on any atom is -0.459 e. The number of esters is 1. The van der Waals surface area contributed by atoms with Gasteiger partial charge >= 0.3 is 5.97 Å². The van der Waals surface area contributed by atoms with Gasteiger partial charge in [0.05, 0.1) is 17.1 Å². The molecule has 33 heavy (non-hydrogen) atoms. The van der Waals surface area contributed by atoms with Gasteiger partial charge < -0.3 is 4.74 Å². The Morgan fingerprint density at radius 3 is 2.58 bits per heavy atom. The molecule has 0 unspecified atom stereocenters. The van der Waals surface area contributed by atoms with E-state index in [4.69, 9.17) is 9.72 Å². The molecule has 0 spiro atoms. The summed E-state index contributed by atoms with van der Waals surface area (Å²) in [6.45, 7) is 7.85. The highest BCUT2D eigenvalue weighted by atomic mass is 32.2. The van der Waals surface area contributed by atoms with Gasteiger partial charge in [0, 0.05) is 23.2 Å². The van der Waals surface area contributed by atoms with Gasteiger partial charge in [-0.2, -0.15) is 0 Å². The SMILES string of the molecule is C=CCn1c(SCc2ccc(C(=O)OC(C)C)cc2)nc2scc(-c3ccccc3)c2c1=O. The van der Waals surface area contributed by atoms with E-state index in [1.807, 2.05) is 61.7 Å². The number of rotatable bonds is 8. The van der Waals surface area contributed by atoms with E-state index in [1.54, 1.807) is 22.8 Å². The lowest BCUT2D eigenvalue weighted by atomic mass is 10.1. The van der Waals surface area contributed by atoms with Crippen LogP contribution in [0.1, 0.15) is 29.8 Å². The van der Waals surface area contributed by atoms with Crippen LogP contribution in [-0.2, 0) is 17.0 Å². The van der Waals surface area contributed by atoms with E-state index in [1.165, 1.54) is 23.1 Å². The van der Waals surface area contributed by atoms with E-state index in [0.29, 0.717) is 28.4 Å². The van der Waals surface area contributed by atoms with Crippen molar-refractivity contribution in [1.29, 1.82) is 0 Å². The van der Waals surface area contributed by atoms with Crippen LogP contribution in [0, 0.1) is 0 Å². The van der Waals surface area contributed by atoms with Crippen molar-refractivity contribution in [2.24, 2.45) is 0 Å². The molecule has 0 saturated carbocycles. The molecule has 168 valence electrons. The number of benzene rings is 2. The molecular weight excluding hydrogens is 452 g/mol. The summed E-state index contributed by atoms with van der Waals surface area (Å²) < 4.78 is 6.91. The lowest BCUT2D eigenvalue weighted by molar-refractivity contribution is 0.0378. The highest BCUT2D eigenvalue weighted by Gasteiger charge is 2.17. The fourth-order valence-electron chi connectivity index (χ4n) is 3.40. The van der Waals surface area contributed by atoms with Crippen LogP contribution in [0.2, 0.25) is 0 Å². The molecule has 0 fully saturated rings. The second-order valence-corrected chi connectivity index (χ2v) is 9.53. The van der Waals surface area contributed by atoms with Gasteiger partial charge in [-0.05, 0) is 37.1 Å². The van der Waals surface area contributed by atoms with E-state index < -0.39 is 0 Å². The lowest BCUT2D eigenvalue weighted by Crippen LogP contribution is -2.22. The number of thiophene rings is 1. The molecule has 0 aliphatic carbocycles. The predicted molar refractivity (Wildman–Crippen MR) is 136 cm³/mol. The monoisotopic (exact) mass is 476 g/mol. The highest BCUT2D eigenvalue weighted by Crippen LogP contribution is 2.32. The largest absolute Gasteiger partial charge is 0.459 e. The summed E-state index contributed by atoms with van der Waals surface area (Å²) in [4.78, 5) is 31.0. The molecule has 0 atom stereocenters. The van der Waals surface area contributed by atoms with E-state index in [2.05, 4.69) is 6.58 Å². The minimum atomic E-state index is -0.331. The van der Waals surface area contributed by atoms with Crippen molar-refractivity contribution in [2.75, 3.05) is 0 Å². The maximum Gasteiger partial charge on any atom is 0.338 e. The van der Waals surface area contributed by atoms with Crippen LogP contribution in [0.3, 0.4) is 0 Å². The summed E-state index contributed by atoms with van der Waals surface area (Å²) in [6.07, 6.45) is 1.55. The summed E-state index contributed by atoms with van der Waals surface area (Å²) in [7, 11) is 0. The molecule has 4 rings (SSSR count). The molecule has 2 heterocycles. The van der Waals surface area contributed by atoms with Crippen LogP contribution < -0.4 is 5.56 Å². The highest BCUT2D eigenvalue weighted by molar-refractivity contribution is 7.98. The zero-order chi connectivity index (χ0) is 23.4. The molecule has 0 saturated heterocycles. The third-order valence-corrected chi connectivity index (χ3v) is 6.88. The Hall–Kier alpha value is -3.16. The molecule has 0 bridgehead atoms. The van der Waals surface area contributed by atoms with Crippen molar-refractivity contribution in [2.45, 2.75) is 37.4 Å². The minimum absolute atomic E-state index is 0.0609. The Balaban J connectivity index is 1.61. The van der Waals surface area contributed by atoms with Gasteiger partial charge in [0.1, 0.15) is 4.83 Å². The summed E-state index contributed by atoms with van der Waals surface area (Å²) >= 11 is 2.97. The Bertz CT molecular complexity index is 1340. The average Bonchev–Trinajstić information content (AvgIpc) is 3.24. The summed E-state index contributed by atoms with van der Waals surface area (Å²) in [5.41, 5.74) is 3.40. The predicted octanol–water partition coefficient (Wildman–Crippen LogP) is 6.17. The Morgan fingerprint density at radius 2 is 1.91 bits per heavy atom. The number of aromatic nitrogens is 2. The first-order chi connectivity index (χ1) is 16.0. The first kappa shape index (κ1) is 23.0. The zero-order valence-electron chi connectivity index (χ0n) is 18.5. The Kier molecular flexibility index (Phi) is 7.11. The van der Waals surface area contributed by atoms with E-state index in [-0.39, 0.29) is 17.6 Å². The Labute approximate surface area is 200 Å². The fraction of sp³-hybridized carbons (Fsp3) is 0.192. The molecule has 2 aromatic carbocycles. The van der Waals surface area contributed by atoms with Crippen molar-refractivity contribution < 1.29 is 9.53 Å². The van der Waals surface area contributed by atoms with Crippen LogP contribution in [0.25, 0.3) is 21.3 Å². The molecule has 0 amide bonds. The number of hydrogen-bond acceptors (Lipinski definition) is 6. The van der Waals surface area contributed by atoms with Crippen LogP contribution >= 0.6 is 23.1 Å². The second kappa shape index (κ2) is 10.2. The standard InChI is InChI=1S/C26H24N2O3S2/c1-4-14-28-24(29)22-21(19-8-6-5-7-9-19)16-32-23(22)27-26(28)33-15-18-10-12-20(13-11-18)25(30)31-17(2)3/h4-13,16-17H,1,14-15H2,2-3H3. The molecule has 0 aliphatic rings. The number of fused-ring (bicyclic) bond motifs is 1. The van der Waals surface area contributed by atoms with Crippen LogP contribution in [0.5, 0.6) is 0 Å². The van der Waals surface area contributed by atoms with Gasteiger partial charge in [0.2, 0.25) is 0 Å². The summed E-state index contributed by atoms with van der Waals surface area (Å²) in [6, 6.07) is 17.2. The van der Waals surface area contributed by atoms with Gasteiger partial charge in [0.25, 0.3) is 5.56 Å². The molecule has 4 aromatic rings. The number of carbonyl (C=O) groups excluding carboxylic acids is 1. The van der Waals surface area contributed by atoms with Gasteiger partial charge in [-0.1, -0.05) is 60.3 Å². The van der Waals surface area contributed by atoms with Gasteiger partial charge in [-0.3, -0.25) is 9.36 Å². The molecular formula is C26H24N2O3S2. The van der Waals surface area contributed by atoms with Crippen LogP contribution in [0.4, 0.5) is 0 Å². The number of nitrogens with zero attached hydrogens (tertiary/aromatic N) is 2. The van der Waals surface area contributed by atoms with Crippen molar-refractivity contribution in [1.82, 2.24) is 9.55 Å². The quantitative estimate of drug-likeness (QED) is 0.132. The maximum absolute atomic E-state index is 13.4. The number of hydrogen-bond donors (Lipinski definition) is 0.